The van der Waals surface area contributed by atoms with Gasteiger partial charge in [-0.1, -0.05) is 6.07 Å². The molecular formula is C14H14FN3S. The number of nitrogens with zero attached hydrogens (tertiary/aromatic N) is 2. The number of fused-ring (bicyclic) bond motifs is 1. The smallest absolute Gasteiger partial charge is 0.124 e. The van der Waals surface area contributed by atoms with Crippen molar-refractivity contribution in [1.82, 2.24) is 9.78 Å². The van der Waals surface area contributed by atoms with Crippen LogP contribution >= 0.6 is 11.3 Å². The van der Waals surface area contributed by atoms with E-state index in [-0.39, 0.29) is 11.9 Å². The maximum atomic E-state index is 13.2. The van der Waals surface area contributed by atoms with Gasteiger partial charge in [0, 0.05) is 35.3 Å². The van der Waals surface area contributed by atoms with E-state index in [4.69, 9.17) is 5.73 Å². The van der Waals surface area contributed by atoms with Gasteiger partial charge >= 0.3 is 0 Å². The summed E-state index contributed by atoms with van der Waals surface area (Å²) in [5.74, 6) is -0.209. The van der Waals surface area contributed by atoms with Gasteiger partial charge in [-0.15, -0.1) is 11.3 Å². The van der Waals surface area contributed by atoms with Gasteiger partial charge in [0.2, 0.25) is 0 Å². The quantitative estimate of drug-likeness (QED) is 0.798. The van der Waals surface area contributed by atoms with Crippen molar-refractivity contribution in [1.29, 1.82) is 0 Å². The molecule has 98 valence electrons. The molecule has 5 heteroatoms. The Balaban J connectivity index is 1.86. The van der Waals surface area contributed by atoms with E-state index in [9.17, 15) is 4.39 Å². The lowest BCUT2D eigenvalue weighted by molar-refractivity contribution is 0.630. The predicted molar refractivity (Wildman–Crippen MR) is 75.6 cm³/mol. The molecule has 0 aliphatic heterocycles. The zero-order valence-electron chi connectivity index (χ0n) is 10.5. The van der Waals surface area contributed by atoms with Crippen molar-refractivity contribution in [3.8, 4) is 0 Å². The molecule has 1 unspecified atom stereocenters. The van der Waals surface area contributed by atoms with Gasteiger partial charge in [0.15, 0.2) is 0 Å². The molecule has 0 saturated heterocycles. The first-order chi connectivity index (χ1) is 9.11. The molecule has 0 fully saturated rings. The fraction of sp³-hybridized carbons (Fsp3) is 0.214. The van der Waals surface area contributed by atoms with E-state index in [0.29, 0.717) is 6.42 Å². The zero-order chi connectivity index (χ0) is 13.4. The highest BCUT2D eigenvalue weighted by atomic mass is 32.1. The largest absolute Gasteiger partial charge is 0.323 e. The van der Waals surface area contributed by atoms with E-state index in [1.807, 2.05) is 25.4 Å². The Labute approximate surface area is 114 Å². The summed E-state index contributed by atoms with van der Waals surface area (Å²) in [6, 6.07) is 8.72. The van der Waals surface area contributed by atoms with Crippen LogP contribution in [0.5, 0.6) is 0 Å². The third-order valence-electron chi connectivity index (χ3n) is 3.06. The lowest BCUT2D eigenvalue weighted by atomic mass is 10.1. The number of hydrogen-bond donors (Lipinski definition) is 1. The molecule has 0 saturated carbocycles. The number of benzene rings is 1. The molecule has 0 amide bonds. The molecule has 0 radical (unpaired) electrons. The lowest BCUT2D eigenvalue weighted by Crippen LogP contribution is -2.12. The first kappa shape index (κ1) is 12.3. The van der Waals surface area contributed by atoms with Gasteiger partial charge in [0.25, 0.3) is 0 Å². The molecule has 0 bridgehead atoms. The Morgan fingerprint density at radius 3 is 2.95 bits per heavy atom. The van der Waals surface area contributed by atoms with Crippen LogP contribution < -0.4 is 5.73 Å². The third kappa shape index (κ3) is 2.52. The molecule has 0 aliphatic carbocycles. The Morgan fingerprint density at radius 1 is 1.37 bits per heavy atom. The normalized spacial score (nSPS) is 13.0. The summed E-state index contributed by atoms with van der Waals surface area (Å²) in [5, 5.41) is 5.37. The average Bonchev–Trinajstić information content (AvgIpc) is 2.95. The van der Waals surface area contributed by atoms with Gasteiger partial charge < -0.3 is 5.73 Å². The van der Waals surface area contributed by atoms with Gasteiger partial charge in [-0.2, -0.15) is 5.10 Å². The van der Waals surface area contributed by atoms with Crippen molar-refractivity contribution in [2.24, 2.45) is 12.8 Å². The van der Waals surface area contributed by atoms with Crippen molar-refractivity contribution in [2.45, 2.75) is 12.5 Å². The van der Waals surface area contributed by atoms with Crippen LogP contribution in [0.1, 0.15) is 16.6 Å². The van der Waals surface area contributed by atoms with Crippen molar-refractivity contribution < 1.29 is 4.39 Å². The van der Waals surface area contributed by atoms with Crippen LogP contribution in [0.15, 0.2) is 36.5 Å². The summed E-state index contributed by atoms with van der Waals surface area (Å²) in [6.45, 7) is 0. The molecule has 0 aliphatic rings. The number of rotatable bonds is 3. The molecule has 2 N–H and O–H groups in total. The molecule has 2 aromatic heterocycles. The Bertz CT molecular complexity index is 716. The maximum Gasteiger partial charge on any atom is 0.124 e. The molecule has 0 spiro atoms. The standard InChI is InChI=1S/C14H14FN3S/c1-18-5-4-11(17-18)8-12(16)14-6-9-2-3-10(15)7-13(9)19-14/h2-7,12H,8,16H2,1H3. The molecule has 2 heterocycles. The highest BCUT2D eigenvalue weighted by Crippen LogP contribution is 2.30. The van der Waals surface area contributed by atoms with Crippen LogP contribution in [0.3, 0.4) is 0 Å². The monoisotopic (exact) mass is 275 g/mol. The Hall–Kier alpha value is -1.72. The van der Waals surface area contributed by atoms with Crippen molar-refractivity contribution in [3.63, 3.8) is 0 Å². The van der Waals surface area contributed by atoms with Crippen LogP contribution in [0, 0.1) is 5.82 Å². The van der Waals surface area contributed by atoms with E-state index >= 15 is 0 Å². The van der Waals surface area contributed by atoms with Crippen molar-refractivity contribution >= 4 is 21.4 Å². The first-order valence-corrected chi connectivity index (χ1v) is 6.86. The number of nitrogens with two attached hydrogens (primary N) is 1. The molecule has 3 nitrogen and oxygen atoms in total. The van der Waals surface area contributed by atoms with E-state index in [1.54, 1.807) is 28.2 Å². The topological polar surface area (TPSA) is 43.8 Å². The molecule has 1 aromatic carbocycles. The molecule has 3 aromatic rings. The predicted octanol–water partition coefficient (Wildman–Crippen LogP) is 3.02. The van der Waals surface area contributed by atoms with Crippen LogP contribution in [0.4, 0.5) is 4.39 Å². The zero-order valence-corrected chi connectivity index (χ0v) is 11.3. The van der Waals surface area contributed by atoms with Crippen molar-refractivity contribution in [2.75, 3.05) is 0 Å². The molecule has 3 rings (SSSR count). The summed E-state index contributed by atoms with van der Waals surface area (Å²) in [5.41, 5.74) is 7.18. The van der Waals surface area contributed by atoms with Gasteiger partial charge in [0.05, 0.1) is 5.69 Å². The fourth-order valence-corrected chi connectivity index (χ4v) is 3.20. The minimum atomic E-state index is -0.209. The molecule has 1 atom stereocenters. The number of aryl methyl sites for hydroxylation is 1. The highest BCUT2D eigenvalue weighted by Gasteiger charge is 2.12. The second kappa shape index (κ2) is 4.75. The minimum absolute atomic E-state index is 0.102. The second-order valence-corrected chi connectivity index (χ2v) is 5.74. The van der Waals surface area contributed by atoms with Crippen molar-refractivity contribution in [3.05, 3.63) is 52.9 Å². The van der Waals surface area contributed by atoms with Crippen LogP contribution in [0.2, 0.25) is 0 Å². The summed E-state index contributed by atoms with van der Waals surface area (Å²) < 4.78 is 15.9. The summed E-state index contributed by atoms with van der Waals surface area (Å²) in [4.78, 5) is 1.06. The number of halogens is 1. The Morgan fingerprint density at radius 2 is 2.21 bits per heavy atom. The third-order valence-corrected chi connectivity index (χ3v) is 4.29. The molecular weight excluding hydrogens is 261 g/mol. The SMILES string of the molecule is Cn1ccc(CC(N)c2cc3ccc(F)cc3s2)n1. The second-order valence-electron chi connectivity index (χ2n) is 4.62. The van der Waals surface area contributed by atoms with Gasteiger partial charge in [-0.25, -0.2) is 4.39 Å². The average molecular weight is 275 g/mol. The van der Waals surface area contributed by atoms with E-state index < -0.39 is 0 Å². The van der Waals surface area contributed by atoms with E-state index in [0.717, 1.165) is 20.7 Å². The Kier molecular flexibility index (Phi) is 3.08. The number of aromatic nitrogens is 2. The van der Waals surface area contributed by atoms with Crippen LogP contribution in [0.25, 0.3) is 10.1 Å². The summed E-state index contributed by atoms with van der Waals surface area (Å²) in [6.07, 6.45) is 2.60. The minimum Gasteiger partial charge on any atom is -0.323 e. The van der Waals surface area contributed by atoms with Gasteiger partial charge in [-0.05, 0) is 29.7 Å². The fourth-order valence-electron chi connectivity index (χ4n) is 2.11. The van der Waals surface area contributed by atoms with Crippen LogP contribution in [-0.2, 0) is 13.5 Å². The molecule has 19 heavy (non-hydrogen) atoms. The number of hydrogen-bond acceptors (Lipinski definition) is 3. The van der Waals surface area contributed by atoms with Gasteiger partial charge in [-0.3, -0.25) is 4.68 Å². The lowest BCUT2D eigenvalue weighted by Gasteiger charge is -2.06. The maximum absolute atomic E-state index is 13.2. The van der Waals surface area contributed by atoms with E-state index in [2.05, 4.69) is 5.10 Å². The van der Waals surface area contributed by atoms with E-state index in [1.165, 1.54) is 6.07 Å². The summed E-state index contributed by atoms with van der Waals surface area (Å²) >= 11 is 1.55. The first-order valence-electron chi connectivity index (χ1n) is 6.05. The van der Waals surface area contributed by atoms with Crippen LogP contribution in [-0.4, -0.2) is 9.78 Å². The van der Waals surface area contributed by atoms with Gasteiger partial charge in [0.1, 0.15) is 5.82 Å². The number of thiophene rings is 1. The summed E-state index contributed by atoms with van der Waals surface area (Å²) in [7, 11) is 1.89. The highest BCUT2D eigenvalue weighted by molar-refractivity contribution is 7.19.